The third-order valence-corrected chi connectivity index (χ3v) is 5.92. The zero-order valence-corrected chi connectivity index (χ0v) is 16.7. The molecule has 4 bridgehead atoms. The summed E-state index contributed by atoms with van der Waals surface area (Å²) in [4.78, 5) is 15.1. The Kier molecular flexibility index (Phi) is 5.29. The molecule has 4 aliphatic carbocycles. The van der Waals surface area contributed by atoms with Crippen LogP contribution in [0.25, 0.3) is 0 Å². The van der Waals surface area contributed by atoms with Gasteiger partial charge in [0.25, 0.3) is 0 Å². The van der Waals surface area contributed by atoms with Crippen LogP contribution in [0.1, 0.15) is 40.7 Å². The molecule has 0 N–H and O–H groups in total. The molecule has 28 heavy (non-hydrogen) atoms. The smallest absolute Gasteiger partial charge is 0.233 e. The number of carbonyl (C=O) groups is 1. The van der Waals surface area contributed by atoms with Gasteiger partial charge in [0, 0.05) is 12.7 Å². The minimum Gasteiger partial charge on any atom is -0.315 e. The molecular formula is C26H27NO. The van der Waals surface area contributed by atoms with Gasteiger partial charge in [-0.15, -0.1) is 0 Å². The SMILES string of the molecule is C[C@H](C(=O)N(C)c1cc2ccc1CCc1ccc(cc1)CC2)c1ccccc1. The zero-order chi connectivity index (χ0) is 19.5. The molecule has 0 heterocycles. The van der Waals surface area contributed by atoms with Crippen molar-refractivity contribution in [3.8, 4) is 0 Å². The van der Waals surface area contributed by atoms with Crippen molar-refractivity contribution in [3.63, 3.8) is 0 Å². The standard InChI is InChI=1S/C26H27NO/c1-19(23-6-4-3-5-7-23)26(28)27(2)25-18-22-13-12-20-8-10-21(11-9-20)14-16-24(25)17-15-22/h3-11,15,17-19H,12-14,16H2,1-2H3/t19-/m0/s1. The lowest BCUT2D eigenvalue weighted by molar-refractivity contribution is -0.119. The molecule has 2 heteroatoms. The molecule has 0 spiro atoms. The Balaban J connectivity index is 1.64. The molecule has 1 amide bonds. The first-order valence-corrected chi connectivity index (χ1v) is 10.1. The van der Waals surface area contributed by atoms with Gasteiger partial charge >= 0.3 is 0 Å². The molecule has 0 fully saturated rings. The largest absolute Gasteiger partial charge is 0.315 e. The van der Waals surface area contributed by atoms with Crippen molar-refractivity contribution in [2.45, 2.75) is 38.5 Å². The van der Waals surface area contributed by atoms with Crippen LogP contribution in [0.5, 0.6) is 0 Å². The minimum atomic E-state index is -0.159. The van der Waals surface area contributed by atoms with Crippen molar-refractivity contribution in [1.82, 2.24) is 0 Å². The van der Waals surface area contributed by atoms with E-state index in [1.165, 1.54) is 22.3 Å². The fourth-order valence-corrected chi connectivity index (χ4v) is 4.02. The van der Waals surface area contributed by atoms with Gasteiger partial charge in [-0.25, -0.2) is 0 Å². The molecular weight excluding hydrogens is 342 g/mol. The van der Waals surface area contributed by atoms with Gasteiger partial charge in [-0.05, 0) is 66.5 Å². The Morgan fingerprint density at radius 3 is 2.04 bits per heavy atom. The van der Waals surface area contributed by atoms with E-state index in [-0.39, 0.29) is 11.8 Å². The molecule has 3 aromatic rings. The summed E-state index contributed by atoms with van der Waals surface area (Å²) in [6, 6.07) is 25.7. The van der Waals surface area contributed by atoms with Crippen LogP contribution in [0.4, 0.5) is 5.69 Å². The van der Waals surface area contributed by atoms with Gasteiger partial charge in [-0.2, -0.15) is 0 Å². The van der Waals surface area contributed by atoms with E-state index in [1.807, 2.05) is 49.2 Å². The van der Waals surface area contributed by atoms with Crippen LogP contribution >= 0.6 is 0 Å². The predicted molar refractivity (Wildman–Crippen MR) is 116 cm³/mol. The van der Waals surface area contributed by atoms with Crippen molar-refractivity contribution in [1.29, 1.82) is 0 Å². The molecule has 7 rings (SSSR count). The Morgan fingerprint density at radius 2 is 1.36 bits per heavy atom. The van der Waals surface area contributed by atoms with E-state index < -0.39 is 0 Å². The number of anilines is 1. The number of hydrogen-bond acceptors (Lipinski definition) is 1. The van der Waals surface area contributed by atoms with E-state index in [0.29, 0.717) is 0 Å². The number of carbonyl (C=O) groups excluding carboxylic acids is 1. The van der Waals surface area contributed by atoms with Crippen LogP contribution in [-0.4, -0.2) is 13.0 Å². The quantitative estimate of drug-likeness (QED) is 0.610. The summed E-state index contributed by atoms with van der Waals surface area (Å²) in [5, 5.41) is 0. The van der Waals surface area contributed by atoms with Crippen LogP contribution in [-0.2, 0) is 30.5 Å². The third-order valence-electron chi connectivity index (χ3n) is 5.92. The first-order valence-electron chi connectivity index (χ1n) is 10.1. The summed E-state index contributed by atoms with van der Waals surface area (Å²) in [5.74, 6) is -0.0200. The number of aryl methyl sites for hydroxylation is 4. The van der Waals surface area contributed by atoms with Gasteiger partial charge in [0.15, 0.2) is 0 Å². The monoisotopic (exact) mass is 369 g/mol. The van der Waals surface area contributed by atoms with E-state index in [1.54, 1.807) is 0 Å². The van der Waals surface area contributed by atoms with Crippen molar-refractivity contribution in [2.75, 3.05) is 11.9 Å². The Bertz CT molecular complexity index is 959. The van der Waals surface area contributed by atoms with E-state index in [4.69, 9.17) is 0 Å². The number of benzene rings is 3. The highest BCUT2D eigenvalue weighted by atomic mass is 16.2. The lowest BCUT2D eigenvalue weighted by Gasteiger charge is -2.25. The van der Waals surface area contributed by atoms with Crippen molar-refractivity contribution in [2.24, 2.45) is 0 Å². The molecule has 142 valence electrons. The number of likely N-dealkylation sites (N-methyl/N-ethyl adjacent to an activating group) is 1. The summed E-state index contributed by atoms with van der Waals surface area (Å²) in [6.07, 6.45) is 3.94. The molecule has 0 saturated heterocycles. The Labute approximate surface area is 167 Å². The number of rotatable bonds is 3. The second-order valence-electron chi connectivity index (χ2n) is 7.81. The normalized spacial score (nSPS) is 14.2. The maximum absolute atomic E-state index is 13.2. The van der Waals surface area contributed by atoms with Crippen LogP contribution in [0.3, 0.4) is 0 Å². The maximum atomic E-state index is 13.2. The molecule has 0 radical (unpaired) electrons. The van der Waals surface area contributed by atoms with Crippen molar-refractivity contribution in [3.05, 3.63) is 101 Å². The lowest BCUT2D eigenvalue weighted by Crippen LogP contribution is -2.31. The van der Waals surface area contributed by atoms with Crippen LogP contribution in [0.2, 0.25) is 0 Å². The van der Waals surface area contributed by atoms with Crippen LogP contribution in [0.15, 0.2) is 72.8 Å². The van der Waals surface area contributed by atoms with Crippen molar-refractivity contribution >= 4 is 11.6 Å². The molecule has 0 aromatic heterocycles. The van der Waals surface area contributed by atoms with Crippen LogP contribution < -0.4 is 4.90 Å². The first-order chi connectivity index (χ1) is 13.6. The fraction of sp³-hybridized carbons (Fsp3) is 0.269. The average Bonchev–Trinajstić information content (AvgIpc) is 2.74. The third kappa shape index (κ3) is 3.87. The Hall–Kier alpha value is -2.87. The Morgan fingerprint density at radius 1 is 0.786 bits per heavy atom. The second kappa shape index (κ2) is 8.02. The van der Waals surface area contributed by atoms with Crippen LogP contribution in [0, 0.1) is 0 Å². The summed E-state index contributed by atoms with van der Waals surface area (Å²) >= 11 is 0. The molecule has 3 aromatic carbocycles. The van der Waals surface area contributed by atoms with Gasteiger partial charge in [0.05, 0.1) is 5.92 Å². The average molecular weight is 370 g/mol. The van der Waals surface area contributed by atoms with Gasteiger partial charge in [-0.3, -0.25) is 4.79 Å². The fourth-order valence-electron chi connectivity index (χ4n) is 4.02. The highest BCUT2D eigenvalue weighted by molar-refractivity contribution is 5.98. The number of nitrogens with zero attached hydrogens (tertiary/aromatic N) is 1. The van der Waals surface area contributed by atoms with Gasteiger partial charge in [0.1, 0.15) is 0 Å². The second-order valence-corrected chi connectivity index (χ2v) is 7.81. The lowest BCUT2D eigenvalue weighted by atomic mass is 9.94. The summed E-state index contributed by atoms with van der Waals surface area (Å²) in [6.45, 7) is 2.00. The number of amides is 1. The molecule has 0 saturated carbocycles. The highest BCUT2D eigenvalue weighted by Crippen LogP contribution is 2.28. The highest BCUT2D eigenvalue weighted by Gasteiger charge is 2.22. The minimum absolute atomic E-state index is 0.139. The summed E-state index contributed by atoms with van der Waals surface area (Å²) in [5.41, 5.74) is 7.37. The first kappa shape index (κ1) is 18.5. The van der Waals surface area contributed by atoms with E-state index in [2.05, 4.69) is 42.5 Å². The molecule has 2 nitrogen and oxygen atoms in total. The molecule has 0 aliphatic heterocycles. The van der Waals surface area contributed by atoms with Gasteiger partial charge in [-0.1, -0.05) is 66.7 Å². The van der Waals surface area contributed by atoms with E-state index in [9.17, 15) is 4.79 Å². The summed E-state index contributed by atoms with van der Waals surface area (Å²) < 4.78 is 0. The topological polar surface area (TPSA) is 20.3 Å². The molecule has 1 atom stereocenters. The van der Waals surface area contributed by atoms with E-state index >= 15 is 0 Å². The molecule has 4 aliphatic rings. The van der Waals surface area contributed by atoms with Gasteiger partial charge < -0.3 is 4.90 Å². The predicted octanol–water partition coefficient (Wildman–Crippen LogP) is 5.34. The number of hydrogen-bond donors (Lipinski definition) is 0. The summed E-state index contributed by atoms with van der Waals surface area (Å²) in [7, 11) is 1.92. The van der Waals surface area contributed by atoms with E-state index in [0.717, 1.165) is 36.9 Å². The molecule has 0 unspecified atom stereocenters. The zero-order valence-electron chi connectivity index (χ0n) is 16.7. The van der Waals surface area contributed by atoms with Gasteiger partial charge in [0.2, 0.25) is 5.91 Å². The van der Waals surface area contributed by atoms with Crippen molar-refractivity contribution < 1.29 is 4.79 Å². The maximum Gasteiger partial charge on any atom is 0.233 e.